The Morgan fingerprint density at radius 1 is 1.50 bits per heavy atom. The number of Topliss-reactive ketones (excluding diaryl/α,β-unsaturated/α-hetero) is 1. The number of nitrogens with zero attached hydrogens (tertiary/aromatic N) is 1. The van der Waals surface area contributed by atoms with Crippen LogP contribution in [0.1, 0.15) is 30.6 Å². The van der Waals surface area contributed by atoms with Crippen molar-refractivity contribution in [2.75, 3.05) is 4.90 Å². The van der Waals surface area contributed by atoms with Crippen LogP contribution in [0.25, 0.3) is 0 Å². The van der Waals surface area contributed by atoms with Gasteiger partial charge in [-0.25, -0.2) is 0 Å². The van der Waals surface area contributed by atoms with E-state index < -0.39 is 0 Å². The van der Waals surface area contributed by atoms with Gasteiger partial charge in [-0.2, -0.15) is 0 Å². The standard InChI is InChI=1S/C12H12BrNO2/c1-7-5-12(16)10-4-3-9(13)6-11(10)14(7)8(2)15/h3-4,6-7H,5H2,1-2H3. The predicted octanol–water partition coefficient (Wildman–Crippen LogP) is 2.78. The Kier molecular flexibility index (Phi) is 2.84. The second kappa shape index (κ2) is 4.01. The lowest BCUT2D eigenvalue weighted by Gasteiger charge is -2.33. The highest BCUT2D eigenvalue weighted by Gasteiger charge is 2.30. The quantitative estimate of drug-likeness (QED) is 0.733. The zero-order valence-electron chi connectivity index (χ0n) is 9.16. The van der Waals surface area contributed by atoms with Crippen LogP contribution in [-0.2, 0) is 4.79 Å². The number of carbonyl (C=O) groups excluding carboxylic acids is 2. The van der Waals surface area contributed by atoms with E-state index in [1.54, 1.807) is 11.0 Å². The van der Waals surface area contributed by atoms with Crippen molar-refractivity contribution in [2.24, 2.45) is 0 Å². The second-order valence-corrected chi connectivity index (χ2v) is 4.94. The summed E-state index contributed by atoms with van der Waals surface area (Å²) in [6.45, 7) is 3.42. The van der Waals surface area contributed by atoms with Crippen molar-refractivity contribution in [3.63, 3.8) is 0 Å². The number of hydrogen-bond acceptors (Lipinski definition) is 2. The van der Waals surface area contributed by atoms with Crippen molar-refractivity contribution < 1.29 is 9.59 Å². The average Bonchev–Trinajstić information content (AvgIpc) is 2.15. The van der Waals surface area contributed by atoms with E-state index in [0.29, 0.717) is 17.7 Å². The summed E-state index contributed by atoms with van der Waals surface area (Å²) in [5, 5.41) is 0. The van der Waals surface area contributed by atoms with Gasteiger partial charge >= 0.3 is 0 Å². The molecule has 1 unspecified atom stereocenters. The largest absolute Gasteiger partial charge is 0.309 e. The molecule has 0 spiro atoms. The summed E-state index contributed by atoms with van der Waals surface area (Å²) >= 11 is 3.36. The van der Waals surface area contributed by atoms with Gasteiger partial charge in [-0.3, -0.25) is 9.59 Å². The van der Waals surface area contributed by atoms with Crippen LogP contribution in [0.4, 0.5) is 5.69 Å². The first kappa shape index (κ1) is 11.3. The lowest BCUT2D eigenvalue weighted by Crippen LogP contribution is -2.42. The molecule has 1 aliphatic heterocycles. The fourth-order valence-electron chi connectivity index (χ4n) is 2.13. The van der Waals surface area contributed by atoms with Gasteiger partial charge < -0.3 is 4.90 Å². The lowest BCUT2D eigenvalue weighted by molar-refractivity contribution is -0.117. The van der Waals surface area contributed by atoms with E-state index in [1.807, 2.05) is 19.1 Å². The summed E-state index contributed by atoms with van der Waals surface area (Å²) < 4.78 is 0.874. The van der Waals surface area contributed by atoms with Gasteiger partial charge in [0.1, 0.15) is 0 Å². The van der Waals surface area contributed by atoms with Crippen LogP contribution in [0, 0.1) is 0 Å². The van der Waals surface area contributed by atoms with Crippen molar-refractivity contribution in [1.82, 2.24) is 0 Å². The molecular formula is C12H12BrNO2. The van der Waals surface area contributed by atoms with Gasteiger partial charge in [0.05, 0.1) is 5.69 Å². The SMILES string of the molecule is CC(=O)N1c2cc(Br)ccc2C(=O)CC1C. The second-order valence-electron chi connectivity index (χ2n) is 4.03. The Morgan fingerprint density at radius 3 is 2.81 bits per heavy atom. The zero-order valence-corrected chi connectivity index (χ0v) is 10.7. The first-order valence-electron chi connectivity index (χ1n) is 5.13. The molecule has 16 heavy (non-hydrogen) atoms. The minimum atomic E-state index is -0.0631. The molecular weight excluding hydrogens is 270 g/mol. The highest BCUT2D eigenvalue weighted by molar-refractivity contribution is 9.10. The minimum absolute atomic E-state index is 0.0284. The maximum atomic E-state index is 11.8. The van der Waals surface area contributed by atoms with E-state index in [-0.39, 0.29) is 17.7 Å². The van der Waals surface area contributed by atoms with Gasteiger partial charge in [0.15, 0.2) is 5.78 Å². The summed E-state index contributed by atoms with van der Waals surface area (Å²) in [5.74, 6) is 0.0758. The molecule has 3 nitrogen and oxygen atoms in total. The number of anilines is 1. The number of halogens is 1. The number of carbonyl (C=O) groups is 2. The maximum absolute atomic E-state index is 11.8. The van der Waals surface area contributed by atoms with Gasteiger partial charge in [-0.15, -0.1) is 0 Å². The van der Waals surface area contributed by atoms with Gasteiger partial charge in [-0.1, -0.05) is 15.9 Å². The third-order valence-corrected chi connectivity index (χ3v) is 3.27. The van der Waals surface area contributed by atoms with Crippen LogP contribution in [0.15, 0.2) is 22.7 Å². The summed E-state index contributed by atoms with van der Waals surface area (Å²) in [7, 11) is 0. The molecule has 1 heterocycles. The molecule has 0 aliphatic carbocycles. The fourth-order valence-corrected chi connectivity index (χ4v) is 2.48. The molecule has 4 heteroatoms. The number of benzene rings is 1. The molecule has 1 amide bonds. The third kappa shape index (κ3) is 1.78. The van der Waals surface area contributed by atoms with E-state index in [1.165, 1.54) is 6.92 Å². The maximum Gasteiger partial charge on any atom is 0.224 e. The van der Waals surface area contributed by atoms with Crippen LogP contribution < -0.4 is 4.90 Å². The topological polar surface area (TPSA) is 37.4 Å². The summed E-state index contributed by atoms with van der Waals surface area (Å²) in [6, 6.07) is 5.35. The van der Waals surface area contributed by atoms with Crippen LogP contribution in [0.3, 0.4) is 0 Å². The highest BCUT2D eigenvalue weighted by atomic mass is 79.9. The number of rotatable bonds is 0. The molecule has 1 aliphatic rings. The number of ketones is 1. The zero-order chi connectivity index (χ0) is 11.9. The van der Waals surface area contributed by atoms with E-state index in [9.17, 15) is 9.59 Å². The Bertz CT molecular complexity index is 470. The molecule has 84 valence electrons. The van der Waals surface area contributed by atoms with Crippen molar-refractivity contribution in [2.45, 2.75) is 26.3 Å². The Balaban J connectivity index is 2.60. The monoisotopic (exact) mass is 281 g/mol. The van der Waals surface area contributed by atoms with Crippen LogP contribution in [0.5, 0.6) is 0 Å². The first-order chi connectivity index (χ1) is 7.50. The Morgan fingerprint density at radius 2 is 2.19 bits per heavy atom. The summed E-state index contributed by atoms with van der Waals surface area (Å²) in [6.07, 6.45) is 0.397. The van der Waals surface area contributed by atoms with E-state index in [0.717, 1.165) is 4.47 Å². The molecule has 2 rings (SSSR count). The minimum Gasteiger partial charge on any atom is -0.309 e. The van der Waals surface area contributed by atoms with Crippen molar-refractivity contribution >= 4 is 33.3 Å². The number of amides is 1. The molecule has 0 radical (unpaired) electrons. The molecule has 0 N–H and O–H groups in total. The molecule has 0 aromatic heterocycles. The first-order valence-corrected chi connectivity index (χ1v) is 5.92. The van der Waals surface area contributed by atoms with Crippen molar-refractivity contribution in [3.05, 3.63) is 28.2 Å². The summed E-state index contributed by atoms with van der Waals surface area (Å²) in [5.41, 5.74) is 1.35. The Hall–Kier alpha value is -1.16. The number of hydrogen-bond donors (Lipinski definition) is 0. The van der Waals surface area contributed by atoms with Crippen LogP contribution in [-0.4, -0.2) is 17.7 Å². The third-order valence-electron chi connectivity index (χ3n) is 2.78. The van der Waals surface area contributed by atoms with Crippen LogP contribution in [0.2, 0.25) is 0 Å². The number of fused-ring (bicyclic) bond motifs is 1. The highest BCUT2D eigenvalue weighted by Crippen LogP contribution is 2.32. The molecule has 1 aromatic carbocycles. The van der Waals surface area contributed by atoms with Gasteiger partial charge in [0, 0.05) is 29.4 Å². The molecule has 0 saturated carbocycles. The Labute approximate surface area is 103 Å². The molecule has 1 atom stereocenters. The predicted molar refractivity (Wildman–Crippen MR) is 65.7 cm³/mol. The average molecular weight is 282 g/mol. The fraction of sp³-hybridized carbons (Fsp3) is 0.333. The molecule has 0 saturated heterocycles. The van der Waals surface area contributed by atoms with Gasteiger partial charge in [0.25, 0.3) is 0 Å². The smallest absolute Gasteiger partial charge is 0.224 e. The van der Waals surface area contributed by atoms with E-state index in [4.69, 9.17) is 0 Å². The van der Waals surface area contributed by atoms with Gasteiger partial charge in [0.2, 0.25) is 5.91 Å². The van der Waals surface area contributed by atoms with Gasteiger partial charge in [-0.05, 0) is 25.1 Å². The summed E-state index contributed by atoms with van der Waals surface area (Å²) in [4.78, 5) is 25.1. The normalized spacial score (nSPS) is 19.6. The van der Waals surface area contributed by atoms with E-state index >= 15 is 0 Å². The lowest BCUT2D eigenvalue weighted by atomic mass is 9.95. The van der Waals surface area contributed by atoms with Crippen molar-refractivity contribution in [1.29, 1.82) is 0 Å². The molecule has 0 bridgehead atoms. The van der Waals surface area contributed by atoms with Crippen molar-refractivity contribution in [3.8, 4) is 0 Å². The molecule has 1 aromatic rings. The van der Waals surface area contributed by atoms with E-state index in [2.05, 4.69) is 15.9 Å². The molecule has 0 fully saturated rings. The van der Waals surface area contributed by atoms with Crippen LogP contribution >= 0.6 is 15.9 Å².